The number of aromatic nitrogens is 3. The summed E-state index contributed by atoms with van der Waals surface area (Å²) in [5.41, 5.74) is 3.34. The summed E-state index contributed by atoms with van der Waals surface area (Å²) in [6.45, 7) is 4.70. The third kappa shape index (κ3) is 4.63. The largest absolute Gasteiger partial charge is 0.361 e. The van der Waals surface area contributed by atoms with Gasteiger partial charge < -0.3 is 15.2 Å². The van der Waals surface area contributed by atoms with Crippen molar-refractivity contribution < 1.29 is 4.79 Å². The Morgan fingerprint density at radius 2 is 1.75 bits per heavy atom. The average Bonchev–Trinajstić information content (AvgIpc) is 3.23. The van der Waals surface area contributed by atoms with Crippen molar-refractivity contribution in [2.24, 2.45) is 0 Å². The number of hydrogen-bond acceptors (Lipinski definition) is 5. The molecule has 32 heavy (non-hydrogen) atoms. The summed E-state index contributed by atoms with van der Waals surface area (Å²) in [5, 5.41) is 3.99. The monoisotopic (exact) mass is 426 g/mol. The molecule has 7 nitrogen and oxygen atoms in total. The molecule has 1 aliphatic rings. The molecule has 4 aromatic rings. The molecule has 7 heteroatoms. The fourth-order valence-electron chi connectivity index (χ4n) is 4.20. The highest BCUT2D eigenvalue weighted by molar-refractivity contribution is 5.95. The van der Waals surface area contributed by atoms with Gasteiger partial charge in [-0.15, -0.1) is 0 Å². The minimum Gasteiger partial charge on any atom is -0.361 e. The molecule has 0 saturated carbocycles. The summed E-state index contributed by atoms with van der Waals surface area (Å²) < 4.78 is 0. The Morgan fingerprint density at radius 3 is 2.59 bits per heavy atom. The minimum atomic E-state index is -0.0907. The second-order valence-electron chi connectivity index (χ2n) is 8.09. The van der Waals surface area contributed by atoms with Crippen molar-refractivity contribution in [3.05, 3.63) is 84.3 Å². The number of carbonyl (C=O) groups excluding carboxylic acids is 1. The molecule has 162 valence electrons. The molecule has 0 radical (unpaired) electrons. The van der Waals surface area contributed by atoms with E-state index >= 15 is 0 Å². The Balaban J connectivity index is 1.18. The van der Waals surface area contributed by atoms with Gasteiger partial charge in [0.05, 0.1) is 6.42 Å². The summed E-state index contributed by atoms with van der Waals surface area (Å²) in [5.74, 6) is 1.29. The van der Waals surface area contributed by atoms with Gasteiger partial charge in [0.15, 0.2) is 0 Å². The zero-order valence-electron chi connectivity index (χ0n) is 17.9. The smallest absolute Gasteiger partial charge is 0.230 e. The first kappa shape index (κ1) is 20.2. The normalized spacial score (nSPS) is 14.6. The maximum Gasteiger partial charge on any atom is 0.230 e. The first-order valence-corrected chi connectivity index (χ1v) is 10.9. The minimum absolute atomic E-state index is 0.0907. The number of H-pyrrole nitrogens is 1. The molecule has 0 unspecified atom stereocenters. The van der Waals surface area contributed by atoms with E-state index in [9.17, 15) is 4.79 Å². The fourth-order valence-corrected chi connectivity index (χ4v) is 4.20. The van der Waals surface area contributed by atoms with Crippen LogP contribution in [0.1, 0.15) is 11.1 Å². The highest BCUT2D eigenvalue weighted by Gasteiger charge is 2.19. The highest BCUT2D eigenvalue weighted by atomic mass is 16.1. The summed E-state index contributed by atoms with van der Waals surface area (Å²) in [6.07, 6.45) is 3.71. The number of nitrogens with one attached hydrogen (secondary N) is 2. The topological polar surface area (TPSA) is 77.2 Å². The van der Waals surface area contributed by atoms with E-state index in [1.165, 1.54) is 11.9 Å². The van der Waals surface area contributed by atoms with Crippen molar-refractivity contribution in [2.75, 3.05) is 36.4 Å². The number of anilines is 2. The van der Waals surface area contributed by atoms with Crippen LogP contribution in [0.3, 0.4) is 0 Å². The number of nitrogens with zero attached hydrogens (tertiary/aromatic N) is 4. The van der Waals surface area contributed by atoms with E-state index in [0.29, 0.717) is 12.2 Å². The van der Waals surface area contributed by atoms with Crippen molar-refractivity contribution in [3.63, 3.8) is 0 Å². The van der Waals surface area contributed by atoms with Crippen LogP contribution in [0, 0.1) is 0 Å². The van der Waals surface area contributed by atoms with E-state index in [0.717, 1.165) is 55.0 Å². The molecule has 1 fully saturated rings. The van der Waals surface area contributed by atoms with E-state index in [-0.39, 0.29) is 5.91 Å². The van der Waals surface area contributed by atoms with Crippen molar-refractivity contribution in [3.8, 4) is 0 Å². The van der Waals surface area contributed by atoms with Crippen LogP contribution >= 0.6 is 0 Å². The maximum absolute atomic E-state index is 12.6. The second kappa shape index (κ2) is 9.20. The Labute approximate surface area is 187 Å². The molecular formula is C25H26N6O. The molecule has 1 amide bonds. The van der Waals surface area contributed by atoms with E-state index in [1.807, 2.05) is 42.6 Å². The van der Waals surface area contributed by atoms with Crippen LogP contribution in [0.2, 0.25) is 0 Å². The maximum atomic E-state index is 12.6. The number of para-hydroxylation sites is 1. The van der Waals surface area contributed by atoms with Gasteiger partial charge in [-0.3, -0.25) is 9.69 Å². The lowest BCUT2D eigenvalue weighted by molar-refractivity contribution is -0.115. The lowest BCUT2D eigenvalue weighted by Crippen LogP contribution is -2.46. The van der Waals surface area contributed by atoms with Crippen molar-refractivity contribution in [1.82, 2.24) is 19.9 Å². The third-order valence-corrected chi connectivity index (χ3v) is 5.89. The molecule has 2 N–H and O–H groups in total. The van der Waals surface area contributed by atoms with Crippen molar-refractivity contribution in [1.29, 1.82) is 0 Å². The van der Waals surface area contributed by atoms with Gasteiger partial charge in [0.25, 0.3) is 0 Å². The summed E-state index contributed by atoms with van der Waals surface area (Å²) in [4.78, 5) is 29.2. The molecule has 2 aromatic heterocycles. The quantitative estimate of drug-likeness (QED) is 0.494. The van der Waals surface area contributed by atoms with Crippen LogP contribution in [-0.4, -0.2) is 51.9 Å². The molecule has 0 atom stereocenters. The Hall–Kier alpha value is -3.71. The Bertz CT molecular complexity index is 1200. The summed E-state index contributed by atoms with van der Waals surface area (Å²) in [6, 6.07) is 20.4. The van der Waals surface area contributed by atoms with Crippen molar-refractivity contribution in [2.45, 2.75) is 13.0 Å². The zero-order chi connectivity index (χ0) is 21.8. The number of piperazine rings is 1. The van der Waals surface area contributed by atoms with E-state index in [2.05, 4.69) is 54.3 Å². The Kier molecular flexibility index (Phi) is 5.81. The molecule has 0 aliphatic carbocycles. The Morgan fingerprint density at radius 1 is 0.969 bits per heavy atom. The molecule has 3 heterocycles. The van der Waals surface area contributed by atoms with E-state index in [1.54, 1.807) is 0 Å². The fraction of sp³-hybridized carbons (Fsp3) is 0.240. The summed E-state index contributed by atoms with van der Waals surface area (Å²) >= 11 is 0. The number of hydrogen-bond donors (Lipinski definition) is 2. The number of rotatable bonds is 6. The molecule has 2 aromatic carbocycles. The standard InChI is InChI=1S/C25H26N6O/c32-25(14-20-16-26-22-9-5-4-8-21(20)22)29-23-15-24(28-18-27-23)31-12-10-30(11-13-31)17-19-6-2-1-3-7-19/h1-9,15-16,18,26H,10-14,17H2,(H,27,28,29,32). The molecule has 0 bridgehead atoms. The lowest BCUT2D eigenvalue weighted by Gasteiger charge is -2.35. The first-order chi connectivity index (χ1) is 15.7. The van der Waals surface area contributed by atoms with Gasteiger partial charge in [-0.05, 0) is 17.2 Å². The number of aromatic amines is 1. The van der Waals surface area contributed by atoms with Gasteiger partial charge in [0, 0.05) is 55.9 Å². The SMILES string of the molecule is O=C(Cc1c[nH]c2ccccc12)Nc1cc(N2CCN(Cc3ccccc3)CC2)ncn1. The van der Waals surface area contributed by atoms with Gasteiger partial charge in [-0.1, -0.05) is 48.5 Å². The number of fused-ring (bicyclic) bond motifs is 1. The van der Waals surface area contributed by atoms with Gasteiger partial charge in [-0.25, -0.2) is 9.97 Å². The predicted molar refractivity (Wildman–Crippen MR) is 127 cm³/mol. The number of benzene rings is 2. The van der Waals surface area contributed by atoms with Gasteiger partial charge in [0.1, 0.15) is 18.0 Å². The highest BCUT2D eigenvalue weighted by Crippen LogP contribution is 2.20. The average molecular weight is 427 g/mol. The van der Waals surface area contributed by atoms with Crippen molar-refractivity contribution >= 4 is 28.4 Å². The van der Waals surface area contributed by atoms with Crippen LogP contribution in [0.15, 0.2) is 73.2 Å². The number of amides is 1. The third-order valence-electron chi connectivity index (χ3n) is 5.89. The first-order valence-electron chi connectivity index (χ1n) is 10.9. The van der Waals surface area contributed by atoms with Crippen LogP contribution in [0.4, 0.5) is 11.6 Å². The van der Waals surface area contributed by atoms with E-state index < -0.39 is 0 Å². The molecule has 1 aliphatic heterocycles. The van der Waals surface area contributed by atoms with Gasteiger partial charge >= 0.3 is 0 Å². The molecule has 1 saturated heterocycles. The molecule has 5 rings (SSSR count). The van der Waals surface area contributed by atoms with Crippen LogP contribution in [0.25, 0.3) is 10.9 Å². The van der Waals surface area contributed by atoms with Gasteiger partial charge in [-0.2, -0.15) is 0 Å². The van der Waals surface area contributed by atoms with E-state index in [4.69, 9.17) is 0 Å². The summed E-state index contributed by atoms with van der Waals surface area (Å²) in [7, 11) is 0. The molecule has 0 spiro atoms. The number of carbonyl (C=O) groups is 1. The van der Waals surface area contributed by atoms with Crippen LogP contribution in [0.5, 0.6) is 0 Å². The lowest BCUT2D eigenvalue weighted by atomic mass is 10.1. The second-order valence-corrected chi connectivity index (χ2v) is 8.09. The predicted octanol–water partition coefficient (Wildman–Crippen LogP) is 3.46. The zero-order valence-corrected chi connectivity index (χ0v) is 17.9. The van der Waals surface area contributed by atoms with Gasteiger partial charge in [0.2, 0.25) is 5.91 Å². The van der Waals surface area contributed by atoms with Crippen LogP contribution in [-0.2, 0) is 17.8 Å². The van der Waals surface area contributed by atoms with Crippen LogP contribution < -0.4 is 10.2 Å². The molecular weight excluding hydrogens is 400 g/mol.